The average Bonchev–Trinajstić information content (AvgIpc) is 2.78. The molecular weight excluding hydrogens is 280 g/mol. The van der Waals surface area contributed by atoms with Crippen molar-refractivity contribution in [3.63, 3.8) is 0 Å². The second-order valence-electron chi connectivity index (χ2n) is 5.96. The van der Waals surface area contributed by atoms with Gasteiger partial charge < -0.3 is 5.32 Å². The van der Waals surface area contributed by atoms with Crippen LogP contribution in [0.3, 0.4) is 0 Å². The number of imide groups is 1. The van der Waals surface area contributed by atoms with E-state index >= 15 is 0 Å². The van der Waals surface area contributed by atoms with Crippen LogP contribution in [0.1, 0.15) is 59.2 Å². The molecule has 116 valence electrons. The largest absolute Gasteiger partial charge is 0.353 e. The summed E-state index contributed by atoms with van der Waals surface area (Å²) in [5, 5.41) is 3.01. The minimum atomic E-state index is -0.300. The first kappa shape index (κ1) is 14.8. The quantitative estimate of drug-likeness (QED) is 0.866. The van der Waals surface area contributed by atoms with Crippen LogP contribution in [0.5, 0.6) is 0 Å². The minimum absolute atomic E-state index is 0.0801. The van der Waals surface area contributed by atoms with Crippen LogP contribution >= 0.6 is 0 Å². The van der Waals surface area contributed by atoms with Crippen molar-refractivity contribution < 1.29 is 14.4 Å². The predicted molar refractivity (Wildman–Crippen MR) is 81.4 cm³/mol. The van der Waals surface area contributed by atoms with Crippen LogP contribution in [-0.2, 0) is 4.79 Å². The van der Waals surface area contributed by atoms with Crippen molar-refractivity contribution >= 4 is 17.7 Å². The number of hydrogen-bond acceptors (Lipinski definition) is 3. The van der Waals surface area contributed by atoms with E-state index in [2.05, 4.69) is 5.32 Å². The highest BCUT2D eigenvalue weighted by atomic mass is 16.2. The van der Waals surface area contributed by atoms with Crippen molar-refractivity contribution in [1.29, 1.82) is 0 Å². The number of amides is 3. The highest BCUT2D eigenvalue weighted by Crippen LogP contribution is 2.22. The van der Waals surface area contributed by atoms with E-state index in [1.54, 1.807) is 24.3 Å². The third-order valence-electron chi connectivity index (χ3n) is 4.41. The second kappa shape index (κ2) is 6.30. The van der Waals surface area contributed by atoms with Gasteiger partial charge in [-0.2, -0.15) is 0 Å². The highest BCUT2D eigenvalue weighted by Gasteiger charge is 2.35. The van der Waals surface area contributed by atoms with E-state index in [1.165, 1.54) is 11.3 Å². The number of nitrogens with one attached hydrogen (secondary N) is 1. The molecule has 1 aliphatic heterocycles. The number of carbonyl (C=O) groups is 3. The Kier molecular flexibility index (Phi) is 4.22. The zero-order chi connectivity index (χ0) is 15.5. The van der Waals surface area contributed by atoms with E-state index in [0.29, 0.717) is 11.1 Å². The van der Waals surface area contributed by atoms with Crippen LogP contribution in [0, 0.1) is 0 Å². The Bertz CT molecular complexity index is 571. The molecule has 0 bridgehead atoms. The van der Waals surface area contributed by atoms with Crippen molar-refractivity contribution in [2.45, 2.75) is 44.6 Å². The Morgan fingerprint density at radius 3 is 2.23 bits per heavy atom. The molecule has 0 spiro atoms. The Labute approximate surface area is 129 Å². The van der Waals surface area contributed by atoms with Gasteiger partial charge in [-0.25, -0.2) is 0 Å². The zero-order valence-electron chi connectivity index (χ0n) is 12.5. The summed E-state index contributed by atoms with van der Waals surface area (Å²) in [6, 6.07) is 7.03. The van der Waals surface area contributed by atoms with Crippen molar-refractivity contribution in [3.8, 4) is 0 Å². The Hall–Kier alpha value is -2.17. The molecule has 1 fully saturated rings. The van der Waals surface area contributed by atoms with Gasteiger partial charge in [0.2, 0.25) is 5.91 Å². The van der Waals surface area contributed by atoms with Gasteiger partial charge in [0.05, 0.1) is 11.1 Å². The number of nitrogens with zero attached hydrogens (tertiary/aromatic N) is 1. The maximum Gasteiger partial charge on any atom is 0.261 e. The normalized spacial score (nSPS) is 18.5. The molecule has 0 aromatic heterocycles. The molecule has 1 saturated carbocycles. The summed E-state index contributed by atoms with van der Waals surface area (Å²) in [4.78, 5) is 37.5. The average molecular weight is 300 g/mol. The van der Waals surface area contributed by atoms with Crippen molar-refractivity contribution in [2.24, 2.45) is 0 Å². The van der Waals surface area contributed by atoms with E-state index in [4.69, 9.17) is 0 Å². The van der Waals surface area contributed by atoms with Crippen LogP contribution in [0.2, 0.25) is 0 Å². The number of fused-ring (bicyclic) bond motifs is 1. The fraction of sp³-hybridized carbons (Fsp3) is 0.471. The first-order valence-corrected chi connectivity index (χ1v) is 7.91. The monoisotopic (exact) mass is 300 g/mol. The van der Waals surface area contributed by atoms with E-state index in [9.17, 15) is 14.4 Å². The molecule has 3 rings (SSSR count). The molecule has 5 heteroatoms. The molecule has 3 amide bonds. The molecule has 1 heterocycles. The van der Waals surface area contributed by atoms with E-state index in [-0.39, 0.29) is 36.7 Å². The molecular formula is C17H20N2O3. The summed E-state index contributed by atoms with van der Waals surface area (Å²) in [6.45, 7) is 0.144. The Morgan fingerprint density at radius 1 is 1.05 bits per heavy atom. The van der Waals surface area contributed by atoms with Gasteiger partial charge in [0.1, 0.15) is 0 Å². The van der Waals surface area contributed by atoms with Gasteiger partial charge in [-0.05, 0) is 25.0 Å². The fourth-order valence-corrected chi connectivity index (χ4v) is 3.20. The van der Waals surface area contributed by atoms with Gasteiger partial charge >= 0.3 is 0 Å². The number of benzene rings is 1. The first-order valence-electron chi connectivity index (χ1n) is 7.91. The van der Waals surface area contributed by atoms with Crippen LogP contribution in [0.4, 0.5) is 0 Å². The fourth-order valence-electron chi connectivity index (χ4n) is 3.20. The molecule has 1 aliphatic carbocycles. The third-order valence-corrected chi connectivity index (χ3v) is 4.41. The minimum Gasteiger partial charge on any atom is -0.353 e. The van der Waals surface area contributed by atoms with Gasteiger partial charge in [-0.15, -0.1) is 0 Å². The lowest BCUT2D eigenvalue weighted by molar-refractivity contribution is -0.122. The van der Waals surface area contributed by atoms with E-state index < -0.39 is 0 Å². The summed E-state index contributed by atoms with van der Waals surface area (Å²) in [5.74, 6) is -0.680. The zero-order valence-corrected chi connectivity index (χ0v) is 12.5. The van der Waals surface area contributed by atoms with Crippen LogP contribution < -0.4 is 5.32 Å². The first-order chi connectivity index (χ1) is 10.7. The maximum atomic E-state index is 12.2. The Morgan fingerprint density at radius 2 is 1.64 bits per heavy atom. The molecule has 22 heavy (non-hydrogen) atoms. The summed E-state index contributed by atoms with van der Waals surface area (Å²) >= 11 is 0. The summed E-state index contributed by atoms with van der Waals surface area (Å²) in [6.07, 6.45) is 5.77. The van der Waals surface area contributed by atoms with Crippen LogP contribution in [0.15, 0.2) is 24.3 Å². The molecule has 1 N–H and O–H groups in total. The highest BCUT2D eigenvalue weighted by molar-refractivity contribution is 6.21. The van der Waals surface area contributed by atoms with Crippen LogP contribution in [0.25, 0.3) is 0 Å². The van der Waals surface area contributed by atoms with Gasteiger partial charge in [-0.3, -0.25) is 19.3 Å². The van der Waals surface area contributed by atoms with Crippen molar-refractivity contribution in [2.75, 3.05) is 6.54 Å². The number of hydrogen-bond donors (Lipinski definition) is 1. The molecule has 0 unspecified atom stereocenters. The molecule has 5 nitrogen and oxygen atoms in total. The van der Waals surface area contributed by atoms with Crippen molar-refractivity contribution in [1.82, 2.24) is 10.2 Å². The summed E-state index contributed by atoms with van der Waals surface area (Å²) < 4.78 is 0. The van der Waals surface area contributed by atoms with E-state index in [0.717, 1.165) is 25.7 Å². The van der Waals surface area contributed by atoms with Gasteiger partial charge in [0.25, 0.3) is 11.8 Å². The topological polar surface area (TPSA) is 66.5 Å². The second-order valence-corrected chi connectivity index (χ2v) is 5.96. The molecule has 2 aliphatic rings. The predicted octanol–water partition coefficient (Wildman–Crippen LogP) is 2.12. The molecule has 1 aromatic rings. The van der Waals surface area contributed by atoms with Gasteiger partial charge in [0.15, 0.2) is 0 Å². The Balaban J connectivity index is 1.55. The lowest BCUT2D eigenvalue weighted by Crippen LogP contribution is -2.39. The lowest BCUT2D eigenvalue weighted by Gasteiger charge is -2.23. The summed E-state index contributed by atoms with van der Waals surface area (Å²) in [5.41, 5.74) is 0.861. The molecule has 0 atom stereocenters. The summed E-state index contributed by atoms with van der Waals surface area (Å²) in [7, 11) is 0. The van der Waals surface area contributed by atoms with Crippen molar-refractivity contribution in [3.05, 3.63) is 35.4 Å². The van der Waals surface area contributed by atoms with Gasteiger partial charge in [-0.1, -0.05) is 31.4 Å². The maximum absolute atomic E-state index is 12.2. The number of rotatable bonds is 4. The van der Waals surface area contributed by atoms with Crippen LogP contribution in [-0.4, -0.2) is 35.2 Å². The lowest BCUT2D eigenvalue weighted by atomic mass is 9.95. The van der Waals surface area contributed by atoms with E-state index in [1.807, 2.05) is 0 Å². The molecule has 0 saturated heterocycles. The smallest absolute Gasteiger partial charge is 0.261 e. The molecule has 0 radical (unpaired) electrons. The standard InChI is InChI=1S/C17H20N2O3/c20-15(18-12-6-2-1-3-7-12)10-11-19-16(21)13-8-4-5-9-14(13)17(19)22/h4-5,8-9,12H,1-3,6-7,10-11H2,(H,18,20). The van der Waals surface area contributed by atoms with Gasteiger partial charge in [0, 0.05) is 19.0 Å². The number of carbonyl (C=O) groups excluding carboxylic acids is 3. The SMILES string of the molecule is O=C(CCN1C(=O)c2ccccc2C1=O)NC1CCCCC1. The third kappa shape index (κ3) is 2.89. The molecule has 1 aromatic carbocycles.